The van der Waals surface area contributed by atoms with Crippen LogP contribution in [0.3, 0.4) is 0 Å². The molecule has 0 spiro atoms. The van der Waals surface area contributed by atoms with E-state index in [1.807, 2.05) is 125 Å². The normalized spacial score (nSPS) is 11.7. The minimum absolute atomic E-state index is 0.178. The number of hydrogen-bond donors (Lipinski definition) is 0. The number of aromatic nitrogens is 8. The number of fused-ring (bicyclic) bond motifs is 6. The minimum Gasteiger partial charge on any atom is -0.310 e. The lowest BCUT2D eigenvalue weighted by Crippen LogP contribution is -2.05. The molecule has 4 aromatic heterocycles. The molecule has 0 N–H and O–H groups in total. The van der Waals surface area contributed by atoms with Gasteiger partial charge in [0.25, 0.3) is 0 Å². The first kappa shape index (κ1) is 41.6. The van der Waals surface area contributed by atoms with Crippen LogP contribution in [0, 0.1) is 40.8 Å². The highest BCUT2D eigenvalue weighted by Gasteiger charge is 2.32. The highest BCUT2D eigenvalue weighted by Crippen LogP contribution is 2.50. The van der Waals surface area contributed by atoms with Crippen molar-refractivity contribution in [2.75, 3.05) is 0 Å². The van der Waals surface area contributed by atoms with Gasteiger partial charge in [-0.25, -0.2) is 39.6 Å². The zero-order valence-corrected chi connectivity index (χ0v) is 36.9. The third kappa shape index (κ3) is 6.79. The smallest absolute Gasteiger partial charge is 0.310 e. The van der Waals surface area contributed by atoms with E-state index in [2.05, 4.69) is 66.9 Å². The quantitative estimate of drug-likeness (QED) is 0.154. The molecule has 0 aliphatic rings. The predicted molar refractivity (Wildman–Crippen MR) is 260 cm³/mol. The standard InChI is InChI=1S/C55H35F3N10/c1-30-61-31(2)64-53(63-30)34-21-25-47-41(27-34)38-13-7-9-17-45(38)67(47)49-19-11-15-40(37-24-23-36(55(56,57)58)29-44(37)60-6)51(49)52-43(59-5)16-12-20-50(52)68-46-18-10-8-14-39(46)42-28-35(22-26-48(42)68)54-65-32(3)62-33(4)66-54/h7-29H,1-4H3. The fourth-order valence-corrected chi connectivity index (χ4v) is 9.54. The molecule has 0 radical (unpaired) electrons. The molecule has 326 valence electrons. The maximum Gasteiger partial charge on any atom is 0.415 e. The average molecular weight is 893 g/mol. The second-order valence-electron chi connectivity index (χ2n) is 16.5. The Morgan fingerprint density at radius 1 is 0.426 bits per heavy atom. The van der Waals surface area contributed by atoms with Crippen molar-refractivity contribution in [3.05, 3.63) is 191 Å². The molecule has 0 bridgehead atoms. The molecule has 0 saturated heterocycles. The van der Waals surface area contributed by atoms with Crippen molar-refractivity contribution < 1.29 is 13.2 Å². The lowest BCUT2D eigenvalue weighted by Gasteiger charge is -2.23. The first-order valence-electron chi connectivity index (χ1n) is 21.6. The molecule has 0 amide bonds. The van der Waals surface area contributed by atoms with Crippen molar-refractivity contribution in [2.45, 2.75) is 33.9 Å². The monoisotopic (exact) mass is 892 g/mol. The van der Waals surface area contributed by atoms with Crippen LogP contribution in [0.2, 0.25) is 0 Å². The fourth-order valence-electron chi connectivity index (χ4n) is 9.54. The molecule has 0 aliphatic heterocycles. The molecule has 0 atom stereocenters. The number of aryl methyl sites for hydroxylation is 4. The van der Waals surface area contributed by atoms with Crippen LogP contribution in [0.5, 0.6) is 0 Å². The Morgan fingerprint density at radius 2 is 0.897 bits per heavy atom. The Kier molecular flexibility index (Phi) is 9.69. The van der Waals surface area contributed by atoms with E-state index in [1.54, 1.807) is 6.07 Å². The van der Waals surface area contributed by atoms with Crippen molar-refractivity contribution in [1.82, 2.24) is 39.0 Å². The SMILES string of the molecule is [C-]#[N+]c1cc(C(F)(F)F)ccc1-c1cccc(-n2c3ccccc3c3cc(-c4nc(C)nc(C)n4)ccc32)c1-c1c([N+]#[C-])cccc1-n1c2ccccc2c2cc(-c3nc(C)nc(C)n3)ccc21. The van der Waals surface area contributed by atoms with Gasteiger partial charge in [0.2, 0.25) is 0 Å². The molecule has 11 aromatic rings. The van der Waals surface area contributed by atoms with Crippen LogP contribution in [-0.4, -0.2) is 39.0 Å². The maximum absolute atomic E-state index is 14.3. The predicted octanol–water partition coefficient (Wildman–Crippen LogP) is 14.3. The molecule has 0 saturated carbocycles. The van der Waals surface area contributed by atoms with Gasteiger partial charge in [0, 0.05) is 55.0 Å². The topological polar surface area (TPSA) is 95.9 Å². The van der Waals surface area contributed by atoms with Crippen LogP contribution >= 0.6 is 0 Å². The van der Waals surface area contributed by atoms with Gasteiger partial charge in [0.05, 0.1) is 40.9 Å². The third-order valence-corrected chi connectivity index (χ3v) is 12.2. The van der Waals surface area contributed by atoms with Crippen molar-refractivity contribution in [3.8, 4) is 56.4 Å². The second kappa shape index (κ2) is 15.8. The van der Waals surface area contributed by atoms with Crippen molar-refractivity contribution in [3.63, 3.8) is 0 Å². The largest absolute Gasteiger partial charge is 0.415 e. The van der Waals surface area contributed by atoms with E-state index in [0.717, 1.165) is 66.9 Å². The Morgan fingerprint density at radius 3 is 1.40 bits per heavy atom. The van der Waals surface area contributed by atoms with E-state index in [1.165, 1.54) is 6.07 Å². The van der Waals surface area contributed by atoms with Crippen LogP contribution in [0.25, 0.3) is 110 Å². The van der Waals surface area contributed by atoms with Gasteiger partial charge >= 0.3 is 6.18 Å². The number of benzene rings is 7. The Bertz CT molecular complexity index is 3960. The average Bonchev–Trinajstić information content (AvgIpc) is 3.84. The Balaban J connectivity index is 1.26. The summed E-state index contributed by atoms with van der Waals surface area (Å²) in [4.78, 5) is 35.2. The molecule has 13 heteroatoms. The van der Waals surface area contributed by atoms with E-state index in [-0.39, 0.29) is 11.3 Å². The van der Waals surface area contributed by atoms with Crippen LogP contribution < -0.4 is 0 Å². The lowest BCUT2D eigenvalue weighted by atomic mass is 9.89. The van der Waals surface area contributed by atoms with E-state index in [0.29, 0.717) is 68.7 Å². The van der Waals surface area contributed by atoms with Gasteiger partial charge in [-0.1, -0.05) is 72.8 Å². The molecular weight excluding hydrogens is 858 g/mol. The zero-order valence-electron chi connectivity index (χ0n) is 36.9. The van der Waals surface area contributed by atoms with Crippen molar-refractivity contribution in [1.29, 1.82) is 0 Å². The van der Waals surface area contributed by atoms with Gasteiger partial charge in [0.15, 0.2) is 23.0 Å². The molecule has 0 fully saturated rings. The first-order valence-corrected chi connectivity index (χ1v) is 21.6. The van der Waals surface area contributed by atoms with E-state index in [4.69, 9.17) is 13.1 Å². The molecular formula is C55H35F3N10. The zero-order chi connectivity index (χ0) is 47.0. The molecule has 11 rings (SSSR count). The summed E-state index contributed by atoms with van der Waals surface area (Å²) in [6.45, 7) is 24.3. The Hall–Kier alpha value is -9.07. The van der Waals surface area contributed by atoms with Crippen LogP contribution in [0.1, 0.15) is 28.9 Å². The molecule has 4 heterocycles. The van der Waals surface area contributed by atoms with Crippen LogP contribution in [0.15, 0.2) is 140 Å². The first-order chi connectivity index (χ1) is 32.9. The van der Waals surface area contributed by atoms with Gasteiger partial charge in [-0.05, 0) is 106 Å². The summed E-state index contributed by atoms with van der Waals surface area (Å²) in [6.07, 6.45) is -4.68. The molecule has 0 unspecified atom stereocenters. The minimum atomic E-state index is -4.68. The number of hydrogen-bond acceptors (Lipinski definition) is 6. The summed E-state index contributed by atoms with van der Waals surface area (Å²) >= 11 is 0. The fraction of sp³-hybridized carbons (Fsp3) is 0.0909. The lowest BCUT2D eigenvalue weighted by molar-refractivity contribution is -0.137. The van der Waals surface area contributed by atoms with Crippen molar-refractivity contribution in [2.24, 2.45) is 0 Å². The summed E-state index contributed by atoms with van der Waals surface area (Å²) in [5.41, 5.74) is 7.28. The number of halogens is 3. The Labute approximate surface area is 387 Å². The summed E-state index contributed by atoms with van der Waals surface area (Å²) in [5.74, 6) is 3.51. The van der Waals surface area contributed by atoms with Crippen molar-refractivity contribution >= 4 is 55.0 Å². The highest BCUT2D eigenvalue weighted by molar-refractivity contribution is 6.14. The van der Waals surface area contributed by atoms with E-state index >= 15 is 0 Å². The summed E-state index contributed by atoms with van der Waals surface area (Å²) in [7, 11) is 0. The maximum atomic E-state index is 14.3. The van der Waals surface area contributed by atoms with Gasteiger partial charge in [0.1, 0.15) is 23.3 Å². The highest BCUT2D eigenvalue weighted by atomic mass is 19.4. The molecule has 10 nitrogen and oxygen atoms in total. The van der Waals surface area contributed by atoms with E-state index in [9.17, 15) is 13.2 Å². The van der Waals surface area contributed by atoms with Crippen LogP contribution in [0.4, 0.5) is 24.5 Å². The van der Waals surface area contributed by atoms with Gasteiger partial charge in [-0.15, -0.1) is 0 Å². The summed E-state index contributed by atoms with van der Waals surface area (Å²) in [5, 5.41) is 3.70. The molecule has 0 aliphatic carbocycles. The number of alkyl halides is 3. The van der Waals surface area contributed by atoms with Crippen LogP contribution in [-0.2, 0) is 6.18 Å². The summed E-state index contributed by atoms with van der Waals surface area (Å²) in [6, 6.07) is 42.6. The second-order valence-corrected chi connectivity index (χ2v) is 16.5. The number of nitrogens with zero attached hydrogens (tertiary/aromatic N) is 10. The molecule has 7 aromatic carbocycles. The van der Waals surface area contributed by atoms with Gasteiger partial charge in [-0.2, -0.15) is 13.2 Å². The van der Waals surface area contributed by atoms with Gasteiger partial charge < -0.3 is 9.13 Å². The number of para-hydroxylation sites is 2. The van der Waals surface area contributed by atoms with E-state index < -0.39 is 11.7 Å². The molecule has 68 heavy (non-hydrogen) atoms. The third-order valence-electron chi connectivity index (χ3n) is 12.2. The number of rotatable bonds is 6. The summed E-state index contributed by atoms with van der Waals surface area (Å²) < 4.78 is 47.0. The van der Waals surface area contributed by atoms with Gasteiger partial charge in [-0.3, -0.25) is 0 Å².